The third kappa shape index (κ3) is 4.22. The molecule has 112 valence electrons. The molecule has 0 aromatic heterocycles. The van der Waals surface area contributed by atoms with E-state index in [4.69, 9.17) is 9.47 Å². The fourth-order valence-corrected chi connectivity index (χ4v) is 2.43. The Kier molecular flexibility index (Phi) is 5.65. The highest BCUT2D eigenvalue weighted by molar-refractivity contribution is 9.10. The van der Waals surface area contributed by atoms with E-state index in [1.54, 1.807) is 14.2 Å². The van der Waals surface area contributed by atoms with Gasteiger partial charge in [0.1, 0.15) is 11.5 Å². The Morgan fingerprint density at radius 3 is 2.38 bits per heavy atom. The number of rotatable bonds is 6. The summed E-state index contributed by atoms with van der Waals surface area (Å²) in [6.07, 6.45) is 0. The Morgan fingerprint density at radius 2 is 1.76 bits per heavy atom. The first kappa shape index (κ1) is 15.9. The van der Waals surface area contributed by atoms with Gasteiger partial charge in [-0.2, -0.15) is 0 Å². The molecule has 0 saturated heterocycles. The second kappa shape index (κ2) is 7.48. The van der Waals surface area contributed by atoms with E-state index in [1.165, 1.54) is 5.56 Å². The van der Waals surface area contributed by atoms with E-state index in [-0.39, 0.29) is 6.04 Å². The average molecular weight is 350 g/mol. The van der Waals surface area contributed by atoms with E-state index >= 15 is 0 Å². The van der Waals surface area contributed by atoms with Gasteiger partial charge in [-0.25, -0.2) is 0 Å². The quantitative estimate of drug-likeness (QED) is 0.842. The van der Waals surface area contributed by atoms with Crippen molar-refractivity contribution >= 4 is 15.9 Å². The van der Waals surface area contributed by atoms with Crippen molar-refractivity contribution in [2.45, 2.75) is 19.5 Å². The van der Waals surface area contributed by atoms with Crippen LogP contribution in [0.15, 0.2) is 46.9 Å². The molecule has 2 aromatic carbocycles. The maximum atomic E-state index is 5.43. The molecular weight excluding hydrogens is 330 g/mol. The van der Waals surface area contributed by atoms with Gasteiger partial charge in [-0.3, -0.25) is 0 Å². The number of hydrogen-bond donors (Lipinski definition) is 1. The highest BCUT2D eigenvalue weighted by Gasteiger charge is 2.12. The zero-order valence-electron chi connectivity index (χ0n) is 12.5. The zero-order chi connectivity index (χ0) is 15.2. The minimum absolute atomic E-state index is 0.165. The van der Waals surface area contributed by atoms with Gasteiger partial charge in [0.15, 0.2) is 0 Å². The molecule has 1 unspecified atom stereocenters. The maximum Gasteiger partial charge on any atom is 0.123 e. The molecule has 0 amide bonds. The van der Waals surface area contributed by atoms with Crippen LogP contribution in [0.25, 0.3) is 0 Å². The van der Waals surface area contributed by atoms with Crippen LogP contribution in [0, 0.1) is 0 Å². The van der Waals surface area contributed by atoms with Gasteiger partial charge in [-0.1, -0.05) is 28.1 Å². The summed E-state index contributed by atoms with van der Waals surface area (Å²) in [6, 6.07) is 14.3. The van der Waals surface area contributed by atoms with Gasteiger partial charge >= 0.3 is 0 Å². The summed E-state index contributed by atoms with van der Waals surface area (Å²) < 4.78 is 11.8. The van der Waals surface area contributed by atoms with Gasteiger partial charge in [-0.05, 0) is 42.8 Å². The van der Waals surface area contributed by atoms with Crippen molar-refractivity contribution in [3.8, 4) is 11.5 Å². The van der Waals surface area contributed by atoms with E-state index in [1.807, 2.05) is 30.3 Å². The molecule has 0 saturated carbocycles. The zero-order valence-corrected chi connectivity index (χ0v) is 14.1. The van der Waals surface area contributed by atoms with Crippen LogP contribution in [0.4, 0.5) is 0 Å². The molecule has 4 heteroatoms. The van der Waals surface area contributed by atoms with E-state index in [9.17, 15) is 0 Å². The summed E-state index contributed by atoms with van der Waals surface area (Å²) in [6.45, 7) is 2.92. The van der Waals surface area contributed by atoms with Crippen LogP contribution in [0.1, 0.15) is 24.1 Å². The molecule has 1 atom stereocenters. The SMILES string of the molecule is COc1ccc(OC)c(C(C)NCc2ccc(Br)cc2)c1. The van der Waals surface area contributed by atoms with E-state index in [0.717, 1.165) is 28.1 Å². The molecule has 2 aromatic rings. The Labute approximate surface area is 134 Å². The van der Waals surface area contributed by atoms with Gasteiger partial charge < -0.3 is 14.8 Å². The molecule has 0 aliphatic carbocycles. The fourth-order valence-electron chi connectivity index (χ4n) is 2.16. The monoisotopic (exact) mass is 349 g/mol. The lowest BCUT2D eigenvalue weighted by atomic mass is 10.1. The van der Waals surface area contributed by atoms with Crippen LogP contribution >= 0.6 is 15.9 Å². The molecule has 0 spiro atoms. The number of nitrogens with one attached hydrogen (secondary N) is 1. The molecule has 3 nitrogen and oxygen atoms in total. The lowest BCUT2D eigenvalue weighted by Gasteiger charge is -2.18. The summed E-state index contributed by atoms with van der Waals surface area (Å²) in [7, 11) is 3.36. The second-order valence-corrected chi connectivity index (χ2v) is 5.75. The molecule has 2 rings (SSSR count). The van der Waals surface area contributed by atoms with Crippen molar-refractivity contribution in [1.29, 1.82) is 0 Å². The third-order valence-corrected chi connectivity index (χ3v) is 3.96. The highest BCUT2D eigenvalue weighted by atomic mass is 79.9. The van der Waals surface area contributed by atoms with E-state index < -0.39 is 0 Å². The lowest BCUT2D eigenvalue weighted by molar-refractivity contribution is 0.391. The lowest BCUT2D eigenvalue weighted by Crippen LogP contribution is -2.18. The van der Waals surface area contributed by atoms with Gasteiger partial charge in [0.2, 0.25) is 0 Å². The van der Waals surface area contributed by atoms with Crippen molar-refractivity contribution < 1.29 is 9.47 Å². The van der Waals surface area contributed by atoms with Crippen molar-refractivity contribution in [3.63, 3.8) is 0 Å². The standard InChI is InChI=1S/C17H20BrNO2/c1-12(19-11-13-4-6-14(18)7-5-13)16-10-15(20-2)8-9-17(16)21-3/h4-10,12,19H,11H2,1-3H3. The van der Waals surface area contributed by atoms with E-state index in [2.05, 4.69) is 40.3 Å². The second-order valence-electron chi connectivity index (χ2n) is 4.84. The molecule has 0 heterocycles. The van der Waals surface area contributed by atoms with Gasteiger partial charge in [0.05, 0.1) is 14.2 Å². The molecule has 21 heavy (non-hydrogen) atoms. The Bertz CT molecular complexity index is 584. The van der Waals surface area contributed by atoms with Gasteiger partial charge in [0.25, 0.3) is 0 Å². The van der Waals surface area contributed by atoms with E-state index in [0.29, 0.717) is 0 Å². The first-order valence-electron chi connectivity index (χ1n) is 6.83. The van der Waals surface area contributed by atoms with Crippen LogP contribution in [0.3, 0.4) is 0 Å². The first-order valence-corrected chi connectivity index (χ1v) is 7.63. The number of hydrogen-bond acceptors (Lipinski definition) is 3. The summed E-state index contributed by atoms with van der Waals surface area (Å²) in [5.74, 6) is 1.70. The maximum absolute atomic E-state index is 5.43. The molecule has 1 N–H and O–H groups in total. The highest BCUT2D eigenvalue weighted by Crippen LogP contribution is 2.29. The van der Waals surface area contributed by atoms with Gasteiger partial charge in [-0.15, -0.1) is 0 Å². The van der Waals surface area contributed by atoms with Crippen LogP contribution in [0.2, 0.25) is 0 Å². The molecule has 0 bridgehead atoms. The Morgan fingerprint density at radius 1 is 1.05 bits per heavy atom. The Hall–Kier alpha value is -1.52. The Balaban J connectivity index is 2.08. The minimum Gasteiger partial charge on any atom is -0.497 e. The predicted molar refractivity (Wildman–Crippen MR) is 88.9 cm³/mol. The summed E-state index contributed by atoms with van der Waals surface area (Å²) in [5.41, 5.74) is 2.33. The third-order valence-electron chi connectivity index (χ3n) is 3.43. The van der Waals surface area contributed by atoms with Crippen molar-refractivity contribution in [1.82, 2.24) is 5.32 Å². The molecule has 0 aliphatic rings. The molecular formula is C17H20BrNO2. The van der Waals surface area contributed by atoms with Crippen LogP contribution in [-0.4, -0.2) is 14.2 Å². The average Bonchev–Trinajstić information content (AvgIpc) is 2.53. The van der Waals surface area contributed by atoms with Crippen molar-refractivity contribution in [2.75, 3.05) is 14.2 Å². The topological polar surface area (TPSA) is 30.5 Å². The van der Waals surface area contributed by atoms with Crippen molar-refractivity contribution in [3.05, 3.63) is 58.1 Å². The number of benzene rings is 2. The number of ether oxygens (including phenoxy) is 2. The van der Waals surface area contributed by atoms with Gasteiger partial charge in [0, 0.05) is 22.6 Å². The number of halogens is 1. The number of methoxy groups -OCH3 is 2. The molecule has 0 aliphatic heterocycles. The predicted octanol–water partition coefficient (Wildman–Crippen LogP) is 4.32. The van der Waals surface area contributed by atoms with Crippen LogP contribution in [-0.2, 0) is 6.54 Å². The van der Waals surface area contributed by atoms with Crippen LogP contribution in [0.5, 0.6) is 11.5 Å². The summed E-state index contributed by atoms with van der Waals surface area (Å²) >= 11 is 3.45. The largest absolute Gasteiger partial charge is 0.497 e. The smallest absolute Gasteiger partial charge is 0.123 e. The normalized spacial score (nSPS) is 12.0. The minimum atomic E-state index is 0.165. The summed E-state index contributed by atoms with van der Waals surface area (Å²) in [5, 5.41) is 3.51. The molecule has 0 fully saturated rings. The first-order chi connectivity index (χ1) is 10.1. The van der Waals surface area contributed by atoms with Crippen LogP contribution < -0.4 is 14.8 Å². The molecule has 0 radical (unpaired) electrons. The summed E-state index contributed by atoms with van der Waals surface area (Å²) in [4.78, 5) is 0. The van der Waals surface area contributed by atoms with Crippen molar-refractivity contribution in [2.24, 2.45) is 0 Å². The fraction of sp³-hybridized carbons (Fsp3) is 0.294.